The molecule has 1 aromatic heterocycles. The zero-order valence-corrected chi connectivity index (χ0v) is 16.8. The van der Waals surface area contributed by atoms with Gasteiger partial charge >= 0.3 is 0 Å². The van der Waals surface area contributed by atoms with Crippen LogP contribution in [0.25, 0.3) is 5.57 Å². The van der Waals surface area contributed by atoms with Gasteiger partial charge in [-0.05, 0) is 55.2 Å². The predicted octanol–water partition coefficient (Wildman–Crippen LogP) is 3.04. The fraction of sp³-hybridized carbons (Fsp3) is 0.273. The maximum atomic E-state index is 11.9. The monoisotopic (exact) mass is 392 g/mol. The molecule has 0 aliphatic carbocycles. The van der Waals surface area contributed by atoms with Gasteiger partial charge in [-0.15, -0.1) is 0 Å². The number of hydrogen-bond acceptors (Lipinski definition) is 5. The molecule has 0 fully saturated rings. The molecule has 1 aromatic carbocycles. The lowest BCUT2D eigenvalue weighted by molar-refractivity contribution is -0.117. The Kier molecular flexibility index (Phi) is 6.39. The molecule has 2 aromatic rings. The summed E-state index contributed by atoms with van der Waals surface area (Å²) in [6.07, 6.45) is 9.70. The van der Waals surface area contributed by atoms with Crippen LogP contribution in [0.15, 0.2) is 48.4 Å². The van der Waals surface area contributed by atoms with E-state index >= 15 is 0 Å². The van der Waals surface area contributed by atoms with Crippen molar-refractivity contribution in [3.05, 3.63) is 65.3 Å². The van der Waals surface area contributed by atoms with E-state index in [0.717, 1.165) is 16.7 Å². The van der Waals surface area contributed by atoms with Crippen LogP contribution in [-0.2, 0) is 22.6 Å². The van der Waals surface area contributed by atoms with Crippen LogP contribution >= 0.6 is 0 Å². The number of carbonyl (C=O) groups excluding carboxylic acids is 2. The SMILES string of the molecule is C/C=C(\C=C(\C)C(=O)NC)c1cc2c(c(OCc3cnccn3)c1)NC(=O)CC2. The Morgan fingerprint density at radius 1 is 1.31 bits per heavy atom. The number of hydrogen-bond donors (Lipinski definition) is 2. The first kappa shape index (κ1) is 20.3. The zero-order valence-electron chi connectivity index (χ0n) is 16.8. The van der Waals surface area contributed by atoms with Crippen molar-refractivity contribution in [2.75, 3.05) is 12.4 Å². The second-order valence-corrected chi connectivity index (χ2v) is 6.69. The summed E-state index contributed by atoms with van der Waals surface area (Å²) in [5, 5.41) is 5.55. The number of anilines is 1. The van der Waals surface area contributed by atoms with Crippen LogP contribution in [0.3, 0.4) is 0 Å². The van der Waals surface area contributed by atoms with Crippen LogP contribution in [0.1, 0.15) is 37.1 Å². The van der Waals surface area contributed by atoms with Gasteiger partial charge < -0.3 is 15.4 Å². The molecule has 0 saturated carbocycles. The zero-order chi connectivity index (χ0) is 20.8. The Bertz CT molecular complexity index is 981. The maximum Gasteiger partial charge on any atom is 0.246 e. The van der Waals surface area contributed by atoms with Crippen LogP contribution in [-0.4, -0.2) is 28.8 Å². The fourth-order valence-corrected chi connectivity index (χ4v) is 3.13. The van der Waals surface area contributed by atoms with E-state index in [2.05, 4.69) is 20.6 Å². The molecule has 7 heteroatoms. The lowest BCUT2D eigenvalue weighted by atomic mass is 9.95. The highest BCUT2D eigenvalue weighted by Crippen LogP contribution is 2.37. The molecule has 0 radical (unpaired) electrons. The first-order valence-corrected chi connectivity index (χ1v) is 9.43. The van der Waals surface area contributed by atoms with Crippen LogP contribution < -0.4 is 15.4 Å². The molecule has 0 spiro atoms. The van der Waals surface area contributed by atoms with Crippen molar-refractivity contribution in [1.29, 1.82) is 0 Å². The number of likely N-dealkylation sites (N-methyl/N-ethyl adjacent to an activating group) is 1. The smallest absolute Gasteiger partial charge is 0.246 e. The van der Waals surface area contributed by atoms with Crippen LogP contribution in [0.2, 0.25) is 0 Å². The number of nitrogens with one attached hydrogen (secondary N) is 2. The molecule has 0 saturated heterocycles. The van der Waals surface area contributed by atoms with Crippen molar-refractivity contribution >= 4 is 23.1 Å². The molecular weight excluding hydrogens is 368 g/mol. The van der Waals surface area contributed by atoms with Crippen LogP contribution in [0.4, 0.5) is 5.69 Å². The van der Waals surface area contributed by atoms with Crippen molar-refractivity contribution < 1.29 is 14.3 Å². The van der Waals surface area contributed by atoms with Gasteiger partial charge in [0.1, 0.15) is 12.4 Å². The number of aryl methyl sites for hydroxylation is 1. The van der Waals surface area contributed by atoms with Gasteiger partial charge in [0, 0.05) is 31.4 Å². The van der Waals surface area contributed by atoms with E-state index in [1.54, 1.807) is 32.6 Å². The molecule has 150 valence electrons. The number of allylic oxidation sites excluding steroid dienone is 3. The normalized spacial score (nSPS) is 14.1. The third-order valence-corrected chi connectivity index (χ3v) is 4.66. The van der Waals surface area contributed by atoms with Gasteiger partial charge in [0.05, 0.1) is 17.6 Å². The summed E-state index contributed by atoms with van der Waals surface area (Å²) in [6, 6.07) is 3.91. The van der Waals surface area contributed by atoms with Crippen molar-refractivity contribution in [1.82, 2.24) is 15.3 Å². The molecule has 0 atom stereocenters. The van der Waals surface area contributed by atoms with Crippen LogP contribution in [0, 0.1) is 0 Å². The minimum Gasteiger partial charge on any atom is -0.485 e. The number of amides is 2. The van der Waals surface area contributed by atoms with E-state index in [9.17, 15) is 9.59 Å². The molecule has 3 rings (SSSR count). The van der Waals surface area contributed by atoms with Crippen molar-refractivity contribution in [3.8, 4) is 5.75 Å². The highest BCUT2D eigenvalue weighted by Gasteiger charge is 2.21. The Morgan fingerprint density at radius 2 is 2.14 bits per heavy atom. The second kappa shape index (κ2) is 9.14. The van der Waals surface area contributed by atoms with E-state index in [4.69, 9.17) is 4.74 Å². The number of fused-ring (bicyclic) bond motifs is 1. The van der Waals surface area contributed by atoms with E-state index < -0.39 is 0 Å². The van der Waals surface area contributed by atoms with Gasteiger partial charge in [0.25, 0.3) is 0 Å². The average Bonchev–Trinajstić information content (AvgIpc) is 2.75. The van der Waals surface area contributed by atoms with E-state index in [-0.39, 0.29) is 18.4 Å². The molecule has 1 aliphatic rings. The first-order chi connectivity index (χ1) is 14.0. The molecule has 2 amide bonds. The predicted molar refractivity (Wildman–Crippen MR) is 111 cm³/mol. The number of ether oxygens (including phenoxy) is 1. The van der Waals surface area contributed by atoms with Crippen molar-refractivity contribution in [2.24, 2.45) is 0 Å². The Morgan fingerprint density at radius 3 is 2.83 bits per heavy atom. The largest absolute Gasteiger partial charge is 0.485 e. The molecule has 0 bridgehead atoms. The molecular formula is C22H24N4O3. The van der Waals surface area contributed by atoms with Gasteiger partial charge in [-0.25, -0.2) is 0 Å². The van der Waals surface area contributed by atoms with Crippen LogP contribution in [0.5, 0.6) is 5.75 Å². The number of aromatic nitrogens is 2. The number of rotatable bonds is 6. The number of carbonyl (C=O) groups is 2. The summed E-state index contributed by atoms with van der Waals surface area (Å²) in [6.45, 7) is 3.93. The maximum absolute atomic E-state index is 11.9. The molecule has 1 aliphatic heterocycles. The fourth-order valence-electron chi connectivity index (χ4n) is 3.13. The summed E-state index contributed by atoms with van der Waals surface area (Å²) in [5.41, 5.74) is 4.80. The summed E-state index contributed by atoms with van der Waals surface area (Å²) in [5.74, 6) is 0.409. The Hall–Kier alpha value is -3.48. The minimum atomic E-state index is -0.131. The number of benzene rings is 1. The number of nitrogens with zero attached hydrogens (tertiary/aromatic N) is 2. The highest BCUT2D eigenvalue weighted by molar-refractivity contribution is 5.98. The first-order valence-electron chi connectivity index (χ1n) is 9.43. The molecule has 2 heterocycles. The van der Waals surface area contributed by atoms with E-state index in [1.807, 2.05) is 31.2 Å². The third kappa shape index (κ3) is 4.87. The second-order valence-electron chi connectivity index (χ2n) is 6.69. The van der Waals surface area contributed by atoms with Gasteiger partial charge in [-0.3, -0.25) is 19.6 Å². The summed E-state index contributed by atoms with van der Waals surface area (Å²) >= 11 is 0. The lowest BCUT2D eigenvalue weighted by Gasteiger charge is -2.22. The Balaban J connectivity index is 1.98. The summed E-state index contributed by atoms with van der Waals surface area (Å²) in [7, 11) is 1.61. The third-order valence-electron chi connectivity index (χ3n) is 4.66. The Labute approximate surface area is 169 Å². The average molecular weight is 392 g/mol. The van der Waals surface area contributed by atoms with Crippen molar-refractivity contribution in [3.63, 3.8) is 0 Å². The molecule has 7 nitrogen and oxygen atoms in total. The van der Waals surface area contributed by atoms with E-state index in [0.29, 0.717) is 35.5 Å². The summed E-state index contributed by atoms with van der Waals surface area (Å²) in [4.78, 5) is 32.1. The van der Waals surface area contributed by atoms with Gasteiger partial charge in [-0.1, -0.05) is 6.08 Å². The molecule has 0 unspecified atom stereocenters. The molecule has 29 heavy (non-hydrogen) atoms. The minimum absolute atomic E-state index is 0.0313. The summed E-state index contributed by atoms with van der Waals surface area (Å²) < 4.78 is 6.00. The topological polar surface area (TPSA) is 93.2 Å². The lowest BCUT2D eigenvalue weighted by Crippen LogP contribution is -2.20. The van der Waals surface area contributed by atoms with Gasteiger partial charge in [0.15, 0.2) is 0 Å². The van der Waals surface area contributed by atoms with Gasteiger partial charge in [0.2, 0.25) is 11.8 Å². The molecule has 2 N–H and O–H groups in total. The van der Waals surface area contributed by atoms with E-state index in [1.165, 1.54) is 0 Å². The van der Waals surface area contributed by atoms with Crippen molar-refractivity contribution in [2.45, 2.75) is 33.3 Å². The standard InChI is InChI=1S/C22H24N4O3/c1-4-15(9-14(2)22(28)23-3)17-10-16-5-6-20(27)26-21(16)19(11-17)29-13-18-12-24-7-8-25-18/h4,7-12H,5-6,13H2,1-3H3,(H,23,28)(H,26,27)/b14-9-,15-4+. The quantitative estimate of drug-likeness (QED) is 0.582. The van der Waals surface area contributed by atoms with Gasteiger partial charge in [-0.2, -0.15) is 0 Å². The highest BCUT2D eigenvalue weighted by atomic mass is 16.5.